The van der Waals surface area contributed by atoms with Gasteiger partial charge >= 0.3 is 5.97 Å². The van der Waals surface area contributed by atoms with E-state index in [0.29, 0.717) is 16.5 Å². The largest absolute Gasteiger partial charge is 0.477 e. The van der Waals surface area contributed by atoms with Gasteiger partial charge in [-0.1, -0.05) is 0 Å². The Balaban J connectivity index is 1.81. The molecule has 0 bridgehead atoms. The molecule has 0 radical (unpaired) electrons. The van der Waals surface area contributed by atoms with E-state index in [9.17, 15) is 9.59 Å². The van der Waals surface area contributed by atoms with Gasteiger partial charge in [0.25, 0.3) is 11.7 Å². The molecule has 3 heterocycles. The summed E-state index contributed by atoms with van der Waals surface area (Å²) in [5, 5.41) is 16.4. The van der Waals surface area contributed by atoms with Crippen LogP contribution in [-0.2, 0) is 0 Å². The Labute approximate surface area is 140 Å². The zero-order valence-corrected chi connectivity index (χ0v) is 14.0. The number of carbonyl (C=O) groups excluding carboxylic acids is 1. The first-order valence-electron chi connectivity index (χ1n) is 7.06. The maximum atomic E-state index is 12.3. The number of thiazole rings is 1. The molecule has 1 amide bonds. The van der Waals surface area contributed by atoms with Gasteiger partial charge in [0.05, 0.1) is 11.7 Å². The second-order valence-corrected chi connectivity index (χ2v) is 6.23. The van der Waals surface area contributed by atoms with Gasteiger partial charge in [0.1, 0.15) is 9.88 Å². The Bertz CT molecular complexity index is 947. The summed E-state index contributed by atoms with van der Waals surface area (Å²) in [7, 11) is 0. The molecule has 0 aliphatic rings. The van der Waals surface area contributed by atoms with Crippen LogP contribution in [0.25, 0.3) is 5.78 Å². The number of amides is 1. The molecule has 3 aromatic heterocycles. The quantitative estimate of drug-likeness (QED) is 0.731. The lowest BCUT2D eigenvalue weighted by Crippen LogP contribution is -2.27. The topological polar surface area (TPSA) is 122 Å². The van der Waals surface area contributed by atoms with Gasteiger partial charge < -0.3 is 10.4 Å². The van der Waals surface area contributed by atoms with Crippen molar-refractivity contribution >= 4 is 29.0 Å². The number of aromatic nitrogens is 5. The maximum Gasteiger partial charge on any atom is 0.347 e. The minimum atomic E-state index is -1.03. The summed E-state index contributed by atoms with van der Waals surface area (Å²) in [5.74, 6) is -1.17. The number of hydrogen-bond donors (Lipinski definition) is 2. The number of nitrogens with one attached hydrogen (secondary N) is 1. The third kappa shape index (κ3) is 2.83. The molecule has 10 heteroatoms. The summed E-state index contributed by atoms with van der Waals surface area (Å²) >= 11 is 1.04. The molecular formula is C14H14N6O3S. The highest BCUT2D eigenvalue weighted by atomic mass is 32.1. The Morgan fingerprint density at radius 2 is 2.08 bits per heavy atom. The predicted octanol–water partition coefficient (Wildman–Crippen LogP) is 1.39. The van der Waals surface area contributed by atoms with E-state index in [1.54, 1.807) is 26.1 Å². The third-order valence-electron chi connectivity index (χ3n) is 3.36. The number of hydrogen-bond acceptors (Lipinski definition) is 7. The van der Waals surface area contributed by atoms with Gasteiger partial charge in [0.15, 0.2) is 0 Å². The second kappa shape index (κ2) is 5.96. The molecule has 0 spiro atoms. The molecule has 0 saturated heterocycles. The molecule has 3 rings (SSSR count). The van der Waals surface area contributed by atoms with E-state index in [2.05, 4.69) is 25.4 Å². The van der Waals surface area contributed by atoms with Crippen LogP contribution in [0.15, 0.2) is 12.3 Å². The van der Waals surface area contributed by atoms with E-state index in [0.717, 1.165) is 17.0 Å². The Morgan fingerprint density at radius 1 is 1.33 bits per heavy atom. The monoisotopic (exact) mass is 346 g/mol. The van der Waals surface area contributed by atoms with Crippen LogP contribution < -0.4 is 5.32 Å². The van der Waals surface area contributed by atoms with Crippen molar-refractivity contribution in [1.29, 1.82) is 0 Å². The first-order valence-corrected chi connectivity index (χ1v) is 7.88. The lowest BCUT2D eigenvalue weighted by Gasteiger charge is -2.08. The van der Waals surface area contributed by atoms with E-state index >= 15 is 0 Å². The van der Waals surface area contributed by atoms with Crippen molar-refractivity contribution in [3.8, 4) is 0 Å². The molecule has 1 atom stereocenters. The van der Waals surface area contributed by atoms with Crippen LogP contribution in [0.5, 0.6) is 0 Å². The van der Waals surface area contributed by atoms with Crippen LogP contribution in [0.1, 0.15) is 49.7 Å². The Kier molecular flexibility index (Phi) is 3.97. The van der Waals surface area contributed by atoms with Gasteiger partial charge in [0.2, 0.25) is 5.82 Å². The van der Waals surface area contributed by atoms with Crippen LogP contribution in [0, 0.1) is 13.8 Å². The lowest BCUT2D eigenvalue weighted by atomic mass is 10.3. The fourth-order valence-corrected chi connectivity index (χ4v) is 3.03. The van der Waals surface area contributed by atoms with Crippen LogP contribution in [0.3, 0.4) is 0 Å². The average molecular weight is 346 g/mol. The smallest absolute Gasteiger partial charge is 0.347 e. The van der Waals surface area contributed by atoms with E-state index in [4.69, 9.17) is 5.11 Å². The van der Waals surface area contributed by atoms with Crippen molar-refractivity contribution in [3.05, 3.63) is 39.4 Å². The van der Waals surface area contributed by atoms with Crippen molar-refractivity contribution in [2.75, 3.05) is 0 Å². The first-order chi connectivity index (χ1) is 11.4. The van der Waals surface area contributed by atoms with Gasteiger partial charge in [-0.2, -0.15) is 4.98 Å². The molecule has 0 saturated carbocycles. The number of carboxylic acids is 1. The molecule has 0 aliphatic heterocycles. The predicted molar refractivity (Wildman–Crippen MR) is 85.2 cm³/mol. The molecule has 124 valence electrons. The Morgan fingerprint density at radius 3 is 2.71 bits per heavy atom. The maximum absolute atomic E-state index is 12.3. The normalized spacial score (nSPS) is 12.3. The number of aromatic carboxylic acids is 1. The van der Waals surface area contributed by atoms with Crippen molar-refractivity contribution in [2.45, 2.75) is 26.8 Å². The van der Waals surface area contributed by atoms with Crippen molar-refractivity contribution in [1.82, 2.24) is 29.9 Å². The number of nitrogens with zero attached hydrogens (tertiary/aromatic N) is 5. The summed E-state index contributed by atoms with van der Waals surface area (Å²) in [6, 6.07) is 1.30. The lowest BCUT2D eigenvalue weighted by molar-refractivity contribution is 0.0701. The van der Waals surface area contributed by atoms with Gasteiger partial charge in [0, 0.05) is 11.9 Å². The molecule has 2 N–H and O–H groups in total. The van der Waals surface area contributed by atoms with Gasteiger partial charge in [-0.05, 0) is 26.8 Å². The summed E-state index contributed by atoms with van der Waals surface area (Å²) in [4.78, 5) is 35.9. The summed E-state index contributed by atoms with van der Waals surface area (Å²) < 4.78 is 1.48. The highest BCUT2D eigenvalue weighted by Gasteiger charge is 2.21. The van der Waals surface area contributed by atoms with E-state index in [1.807, 2.05) is 6.92 Å². The number of rotatable bonds is 4. The summed E-state index contributed by atoms with van der Waals surface area (Å²) in [6.45, 7) is 5.18. The number of aryl methyl sites for hydroxylation is 2. The standard InChI is InChI=1S/C14H14N6O3S/c1-6-4-5-15-14-18-10(19-20(6)14)11(21)16-8(3)12-17-7(2)9(24-12)13(22)23/h4-5,8H,1-3H3,(H,16,21)(H,22,23). The summed E-state index contributed by atoms with van der Waals surface area (Å²) in [5.41, 5.74) is 1.23. The average Bonchev–Trinajstić information content (AvgIpc) is 3.11. The molecule has 0 aromatic carbocycles. The molecule has 24 heavy (non-hydrogen) atoms. The molecule has 0 fully saturated rings. The van der Waals surface area contributed by atoms with Crippen molar-refractivity contribution < 1.29 is 14.7 Å². The number of carboxylic acid groups (broad SMARTS) is 1. The molecular weight excluding hydrogens is 332 g/mol. The van der Waals surface area contributed by atoms with Crippen molar-refractivity contribution in [2.24, 2.45) is 0 Å². The fraction of sp³-hybridized carbons (Fsp3) is 0.286. The summed E-state index contributed by atoms with van der Waals surface area (Å²) in [6.07, 6.45) is 1.59. The fourth-order valence-electron chi connectivity index (χ4n) is 2.13. The van der Waals surface area contributed by atoms with E-state index in [-0.39, 0.29) is 10.7 Å². The zero-order valence-electron chi connectivity index (χ0n) is 13.1. The van der Waals surface area contributed by atoms with Crippen LogP contribution in [0.4, 0.5) is 0 Å². The zero-order chi connectivity index (χ0) is 17.4. The van der Waals surface area contributed by atoms with Gasteiger partial charge in [-0.25, -0.2) is 19.3 Å². The van der Waals surface area contributed by atoms with E-state index < -0.39 is 17.9 Å². The minimum absolute atomic E-state index is 0.00427. The van der Waals surface area contributed by atoms with Crippen molar-refractivity contribution in [3.63, 3.8) is 0 Å². The number of carbonyl (C=O) groups is 2. The van der Waals surface area contributed by atoms with Crippen LogP contribution >= 0.6 is 11.3 Å². The molecule has 9 nitrogen and oxygen atoms in total. The van der Waals surface area contributed by atoms with Crippen LogP contribution in [0.2, 0.25) is 0 Å². The highest BCUT2D eigenvalue weighted by Crippen LogP contribution is 2.23. The SMILES string of the molecule is Cc1nc(C(C)NC(=O)c2nc3nccc(C)n3n2)sc1C(=O)O. The molecule has 1 unspecified atom stereocenters. The van der Waals surface area contributed by atoms with Gasteiger partial charge in [-0.15, -0.1) is 16.4 Å². The van der Waals surface area contributed by atoms with Gasteiger partial charge in [-0.3, -0.25) is 4.79 Å². The van der Waals surface area contributed by atoms with E-state index in [1.165, 1.54) is 4.52 Å². The second-order valence-electron chi connectivity index (χ2n) is 5.20. The number of fused-ring (bicyclic) bond motifs is 1. The molecule has 0 aliphatic carbocycles. The Hall–Kier alpha value is -2.88. The third-order valence-corrected chi connectivity index (χ3v) is 4.69. The molecule has 3 aromatic rings. The first kappa shape index (κ1) is 16.0. The highest BCUT2D eigenvalue weighted by molar-refractivity contribution is 7.13. The van der Waals surface area contributed by atoms with Crippen LogP contribution in [-0.4, -0.2) is 41.5 Å². The minimum Gasteiger partial charge on any atom is -0.477 e.